The standard InChI is InChI=1S/C19H20N4O2S/c1-14-3-8-18-17(11-14)19(22-13-21-18)20-12-15-4-6-16(7-5-15)23-9-2-10-26(23,24)25/h3-8,11,13H,2,9-10,12H2,1H3,(H,20,21,22). The maximum absolute atomic E-state index is 12.0. The van der Waals surface area contributed by atoms with Crippen molar-refractivity contribution < 1.29 is 8.42 Å². The van der Waals surface area contributed by atoms with Crippen LogP contribution in [0.5, 0.6) is 0 Å². The molecule has 1 aliphatic rings. The third-order valence-corrected chi connectivity index (χ3v) is 6.44. The summed E-state index contributed by atoms with van der Waals surface area (Å²) in [6, 6.07) is 13.7. The zero-order chi connectivity index (χ0) is 18.1. The molecule has 0 radical (unpaired) electrons. The third-order valence-electron chi connectivity index (χ3n) is 4.57. The number of aromatic nitrogens is 2. The van der Waals surface area contributed by atoms with Crippen molar-refractivity contribution in [3.8, 4) is 0 Å². The van der Waals surface area contributed by atoms with Crippen molar-refractivity contribution in [2.45, 2.75) is 19.9 Å². The number of hydrogen-bond donors (Lipinski definition) is 1. The highest BCUT2D eigenvalue weighted by Gasteiger charge is 2.28. The minimum absolute atomic E-state index is 0.233. The normalized spacial score (nSPS) is 16.1. The molecule has 1 N–H and O–H groups in total. The highest BCUT2D eigenvalue weighted by Crippen LogP contribution is 2.25. The molecule has 4 rings (SSSR count). The van der Waals surface area contributed by atoms with Crippen LogP contribution in [-0.4, -0.2) is 30.7 Å². The first-order valence-corrected chi connectivity index (χ1v) is 10.2. The summed E-state index contributed by atoms with van der Waals surface area (Å²) in [6.07, 6.45) is 2.24. The van der Waals surface area contributed by atoms with E-state index in [1.54, 1.807) is 6.33 Å². The molecule has 7 heteroatoms. The maximum atomic E-state index is 12.0. The molecule has 6 nitrogen and oxygen atoms in total. The van der Waals surface area contributed by atoms with Crippen molar-refractivity contribution in [2.75, 3.05) is 21.9 Å². The lowest BCUT2D eigenvalue weighted by Crippen LogP contribution is -2.24. The third kappa shape index (κ3) is 3.22. The van der Waals surface area contributed by atoms with Crippen molar-refractivity contribution >= 4 is 32.4 Å². The van der Waals surface area contributed by atoms with Gasteiger partial charge in [0.25, 0.3) is 0 Å². The summed E-state index contributed by atoms with van der Waals surface area (Å²) in [5, 5.41) is 4.35. The van der Waals surface area contributed by atoms with E-state index >= 15 is 0 Å². The van der Waals surface area contributed by atoms with Crippen LogP contribution in [0.1, 0.15) is 17.5 Å². The molecule has 0 bridgehead atoms. The van der Waals surface area contributed by atoms with Gasteiger partial charge in [-0.3, -0.25) is 4.31 Å². The van der Waals surface area contributed by atoms with Crippen molar-refractivity contribution in [3.63, 3.8) is 0 Å². The molecule has 0 amide bonds. The number of hydrogen-bond acceptors (Lipinski definition) is 5. The van der Waals surface area contributed by atoms with Crippen LogP contribution >= 0.6 is 0 Å². The minimum atomic E-state index is -3.14. The number of fused-ring (bicyclic) bond motifs is 1. The highest BCUT2D eigenvalue weighted by molar-refractivity contribution is 7.93. The summed E-state index contributed by atoms with van der Waals surface area (Å²) < 4.78 is 25.5. The Morgan fingerprint density at radius 3 is 2.65 bits per heavy atom. The maximum Gasteiger partial charge on any atom is 0.235 e. The average molecular weight is 368 g/mol. The summed E-state index contributed by atoms with van der Waals surface area (Å²) in [4.78, 5) is 8.65. The molecule has 0 saturated carbocycles. The second-order valence-corrected chi connectivity index (χ2v) is 8.52. The second kappa shape index (κ2) is 6.57. The fourth-order valence-corrected chi connectivity index (χ4v) is 4.77. The van der Waals surface area contributed by atoms with Crippen molar-refractivity contribution in [2.24, 2.45) is 0 Å². The monoisotopic (exact) mass is 368 g/mol. The quantitative estimate of drug-likeness (QED) is 0.766. The predicted octanol–water partition coefficient (Wildman–Crippen LogP) is 3.09. The summed E-state index contributed by atoms with van der Waals surface area (Å²) in [7, 11) is -3.14. The number of sulfonamides is 1. The Labute approximate surface area is 152 Å². The molecule has 0 spiro atoms. The second-order valence-electron chi connectivity index (χ2n) is 6.50. The molecule has 1 aliphatic heterocycles. The smallest absolute Gasteiger partial charge is 0.235 e. The van der Waals surface area contributed by atoms with E-state index in [-0.39, 0.29) is 5.75 Å². The van der Waals surface area contributed by atoms with Crippen LogP contribution in [0.4, 0.5) is 11.5 Å². The number of rotatable bonds is 4. The van der Waals surface area contributed by atoms with Crippen LogP contribution in [0.2, 0.25) is 0 Å². The molecule has 3 aromatic rings. The molecule has 0 atom stereocenters. The lowest BCUT2D eigenvalue weighted by molar-refractivity contribution is 0.599. The Morgan fingerprint density at radius 1 is 1.12 bits per heavy atom. The average Bonchev–Trinajstić information content (AvgIpc) is 2.99. The number of nitrogens with one attached hydrogen (secondary N) is 1. The Kier molecular flexibility index (Phi) is 4.24. The van der Waals surface area contributed by atoms with E-state index in [1.165, 1.54) is 4.31 Å². The number of nitrogens with zero attached hydrogens (tertiary/aromatic N) is 3. The fourth-order valence-electron chi connectivity index (χ4n) is 3.21. The molecular weight excluding hydrogens is 348 g/mol. The SMILES string of the molecule is Cc1ccc2ncnc(NCc3ccc(N4CCCS4(=O)=O)cc3)c2c1. The van der Waals surface area contributed by atoms with Gasteiger partial charge in [0.05, 0.1) is 17.0 Å². The van der Waals surface area contributed by atoms with E-state index in [0.717, 1.165) is 33.5 Å². The summed E-state index contributed by atoms with van der Waals surface area (Å²) in [5.74, 6) is 1.03. The lowest BCUT2D eigenvalue weighted by atomic mass is 10.1. The topological polar surface area (TPSA) is 75.2 Å². The Morgan fingerprint density at radius 2 is 1.92 bits per heavy atom. The summed E-state index contributed by atoms with van der Waals surface area (Å²) in [5.41, 5.74) is 3.85. The predicted molar refractivity (Wildman–Crippen MR) is 104 cm³/mol. The molecule has 1 saturated heterocycles. The largest absolute Gasteiger partial charge is 0.365 e. The molecule has 134 valence electrons. The van der Waals surface area contributed by atoms with Crippen LogP contribution in [0.3, 0.4) is 0 Å². The highest BCUT2D eigenvalue weighted by atomic mass is 32.2. The first kappa shape index (κ1) is 16.8. The van der Waals surface area contributed by atoms with E-state index in [9.17, 15) is 8.42 Å². The van der Waals surface area contributed by atoms with E-state index in [4.69, 9.17) is 0 Å². The van der Waals surface area contributed by atoms with Gasteiger partial charge in [-0.05, 0) is 43.2 Å². The van der Waals surface area contributed by atoms with Gasteiger partial charge in [-0.1, -0.05) is 23.8 Å². The number of benzene rings is 2. The minimum Gasteiger partial charge on any atom is -0.365 e. The Hall–Kier alpha value is -2.67. The molecule has 2 heterocycles. The molecule has 2 aromatic carbocycles. The fraction of sp³-hybridized carbons (Fsp3) is 0.263. The van der Waals surface area contributed by atoms with Gasteiger partial charge < -0.3 is 5.32 Å². The molecule has 26 heavy (non-hydrogen) atoms. The number of aryl methyl sites for hydroxylation is 1. The first-order valence-electron chi connectivity index (χ1n) is 8.57. The number of anilines is 2. The molecule has 1 aromatic heterocycles. The van der Waals surface area contributed by atoms with Gasteiger partial charge >= 0.3 is 0 Å². The molecule has 1 fully saturated rings. The van der Waals surface area contributed by atoms with Gasteiger partial charge in [0.15, 0.2) is 0 Å². The lowest BCUT2D eigenvalue weighted by Gasteiger charge is -2.17. The summed E-state index contributed by atoms with van der Waals surface area (Å²) >= 11 is 0. The molecule has 0 unspecified atom stereocenters. The van der Waals surface area contributed by atoms with Crippen molar-refractivity contribution in [1.82, 2.24) is 9.97 Å². The van der Waals surface area contributed by atoms with Gasteiger partial charge in [-0.2, -0.15) is 0 Å². The van der Waals surface area contributed by atoms with E-state index in [1.807, 2.05) is 43.3 Å². The van der Waals surface area contributed by atoms with Crippen LogP contribution in [0, 0.1) is 6.92 Å². The van der Waals surface area contributed by atoms with Crippen LogP contribution in [0.15, 0.2) is 48.8 Å². The molecular formula is C19H20N4O2S. The van der Waals surface area contributed by atoms with E-state index in [2.05, 4.69) is 21.4 Å². The van der Waals surface area contributed by atoms with Crippen molar-refractivity contribution in [1.29, 1.82) is 0 Å². The van der Waals surface area contributed by atoms with E-state index < -0.39 is 10.0 Å². The first-order chi connectivity index (χ1) is 12.5. The zero-order valence-corrected chi connectivity index (χ0v) is 15.3. The van der Waals surface area contributed by atoms with Crippen LogP contribution < -0.4 is 9.62 Å². The van der Waals surface area contributed by atoms with Gasteiger partial charge in [0, 0.05) is 18.5 Å². The van der Waals surface area contributed by atoms with Gasteiger partial charge in [0.1, 0.15) is 12.1 Å². The van der Waals surface area contributed by atoms with Crippen LogP contribution in [-0.2, 0) is 16.6 Å². The van der Waals surface area contributed by atoms with Crippen LogP contribution in [0.25, 0.3) is 10.9 Å². The van der Waals surface area contributed by atoms with Gasteiger partial charge in [-0.25, -0.2) is 18.4 Å². The molecule has 0 aliphatic carbocycles. The van der Waals surface area contributed by atoms with E-state index in [0.29, 0.717) is 19.5 Å². The van der Waals surface area contributed by atoms with Gasteiger partial charge in [-0.15, -0.1) is 0 Å². The zero-order valence-electron chi connectivity index (χ0n) is 14.5. The Bertz CT molecular complexity index is 1050. The Balaban J connectivity index is 1.51. The van der Waals surface area contributed by atoms with Gasteiger partial charge in [0.2, 0.25) is 10.0 Å². The summed E-state index contributed by atoms with van der Waals surface area (Å²) in [6.45, 7) is 3.21. The van der Waals surface area contributed by atoms with Crippen molar-refractivity contribution in [3.05, 3.63) is 59.9 Å².